The number of aliphatic imine (C=N–C) groups is 1. The van der Waals surface area contributed by atoms with Crippen molar-refractivity contribution >= 4 is 5.84 Å². The molecule has 5 nitrogen and oxygen atoms in total. The Labute approximate surface area is 108 Å². The monoisotopic (exact) mass is 247 g/mol. The molecule has 1 aliphatic carbocycles. The van der Waals surface area contributed by atoms with Crippen LogP contribution >= 0.6 is 0 Å². The first kappa shape index (κ1) is 13.0. The molecule has 0 unspecified atom stereocenters. The number of hydrazine groups is 1. The number of nitrogens with one attached hydrogen (secondary N) is 1. The quantitative estimate of drug-likeness (QED) is 0.360. The van der Waals surface area contributed by atoms with Crippen molar-refractivity contribution in [2.75, 3.05) is 0 Å². The third-order valence-electron chi connectivity index (χ3n) is 3.38. The molecular weight excluding hydrogens is 226 g/mol. The zero-order valence-corrected chi connectivity index (χ0v) is 11.1. The highest BCUT2D eigenvalue weighted by atomic mass is 15.3. The van der Waals surface area contributed by atoms with Crippen LogP contribution in [0.15, 0.2) is 11.1 Å². The van der Waals surface area contributed by atoms with E-state index in [-0.39, 0.29) is 0 Å². The van der Waals surface area contributed by atoms with E-state index in [2.05, 4.69) is 15.6 Å². The lowest BCUT2D eigenvalue weighted by atomic mass is 9.96. The topological polar surface area (TPSA) is 76.2 Å². The zero-order chi connectivity index (χ0) is 13.0. The Morgan fingerprint density at radius 2 is 2.00 bits per heavy atom. The van der Waals surface area contributed by atoms with E-state index in [1.54, 1.807) is 0 Å². The van der Waals surface area contributed by atoms with Crippen LogP contribution in [0.1, 0.15) is 49.1 Å². The molecule has 0 spiro atoms. The van der Waals surface area contributed by atoms with Crippen LogP contribution in [-0.4, -0.2) is 22.1 Å². The zero-order valence-electron chi connectivity index (χ0n) is 11.1. The van der Waals surface area contributed by atoms with Crippen LogP contribution < -0.4 is 11.3 Å². The molecule has 0 aromatic carbocycles. The van der Waals surface area contributed by atoms with Crippen molar-refractivity contribution in [3.63, 3.8) is 0 Å². The van der Waals surface area contributed by atoms with Gasteiger partial charge in [-0.2, -0.15) is 10.2 Å². The summed E-state index contributed by atoms with van der Waals surface area (Å²) < 4.78 is 0. The van der Waals surface area contributed by atoms with Gasteiger partial charge in [-0.25, -0.2) is 5.84 Å². The highest BCUT2D eigenvalue weighted by Gasteiger charge is 2.15. The van der Waals surface area contributed by atoms with Gasteiger partial charge in [0.15, 0.2) is 0 Å². The lowest BCUT2D eigenvalue weighted by molar-refractivity contribution is 0.442. The first-order chi connectivity index (χ1) is 8.70. The molecule has 1 aliphatic rings. The van der Waals surface area contributed by atoms with E-state index < -0.39 is 0 Å². The largest absolute Gasteiger partial charge is 0.308 e. The number of nitrogens with two attached hydrogens (primary N) is 1. The maximum absolute atomic E-state index is 5.61. The number of nitrogens with zero attached hydrogens (tertiary/aromatic N) is 3. The Balaban J connectivity index is 2.26. The second-order valence-corrected chi connectivity index (χ2v) is 4.90. The van der Waals surface area contributed by atoms with Crippen LogP contribution in [0.4, 0.5) is 0 Å². The van der Waals surface area contributed by atoms with E-state index in [4.69, 9.17) is 10.8 Å². The molecule has 0 saturated heterocycles. The third-order valence-corrected chi connectivity index (χ3v) is 3.38. The standard InChI is InChI=1S/C13H21N5/c1-9-8-12(10(2)18-17-9)13(16-14)15-11-6-4-3-5-7-11/h8,11H,3-7,14H2,1-2H3,(H,15,16). The summed E-state index contributed by atoms with van der Waals surface area (Å²) in [7, 11) is 0. The molecule has 1 aromatic heterocycles. The SMILES string of the molecule is Cc1cc(C(=NC2CCCCC2)NN)c(C)nn1. The maximum Gasteiger partial charge on any atom is 0.144 e. The van der Waals surface area contributed by atoms with Gasteiger partial charge in [0, 0.05) is 5.56 Å². The molecule has 1 aromatic rings. The molecule has 1 heterocycles. The first-order valence-electron chi connectivity index (χ1n) is 6.56. The number of hydrogen-bond acceptors (Lipinski definition) is 4. The number of hydrogen-bond donors (Lipinski definition) is 2. The van der Waals surface area contributed by atoms with Gasteiger partial charge < -0.3 is 5.43 Å². The molecule has 18 heavy (non-hydrogen) atoms. The predicted molar refractivity (Wildman–Crippen MR) is 72.2 cm³/mol. The molecule has 1 fully saturated rings. The summed E-state index contributed by atoms with van der Waals surface area (Å²) >= 11 is 0. The van der Waals surface area contributed by atoms with Crippen molar-refractivity contribution in [3.05, 3.63) is 23.0 Å². The molecule has 0 bridgehead atoms. The van der Waals surface area contributed by atoms with Crippen molar-refractivity contribution in [3.8, 4) is 0 Å². The van der Waals surface area contributed by atoms with E-state index in [9.17, 15) is 0 Å². The highest BCUT2D eigenvalue weighted by molar-refractivity contribution is 5.99. The number of aryl methyl sites for hydroxylation is 2. The normalized spacial score (nSPS) is 17.8. The van der Waals surface area contributed by atoms with E-state index >= 15 is 0 Å². The smallest absolute Gasteiger partial charge is 0.144 e. The van der Waals surface area contributed by atoms with Gasteiger partial charge in [0.1, 0.15) is 5.84 Å². The van der Waals surface area contributed by atoms with E-state index in [0.717, 1.165) is 35.6 Å². The predicted octanol–water partition coefficient (Wildman–Crippen LogP) is 1.64. The van der Waals surface area contributed by atoms with Gasteiger partial charge in [0.25, 0.3) is 0 Å². The molecule has 98 valence electrons. The minimum Gasteiger partial charge on any atom is -0.308 e. The summed E-state index contributed by atoms with van der Waals surface area (Å²) in [6.45, 7) is 3.85. The van der Waals surface area contributed by atoms with Gasteiger partial charge in [-0.05, 0) is 32.8 Å². The van der Waals surface area contributed by atoms with Crippen LogP contribution in [0, 0.1) is 13.8 Å². The van der Waals surface area contributed by atoms with E-state index in [1.165, 1.54) is 19.3 Å². The molecule has 0 atom stereocenters. The Morgan fingerprint density at radius 1 is 1.28 bits per heavy atom. The fourth-order valence-electron chi connectivity index (χ4n) is 2.37. The van der Waals surface area contributed by atoms with Gasteiger partial charge in [-0.15, -0.1) is 0 Å². The van der Waals surface area contributed by atoms with Gasteiger partial charge in [0.05, 0.1) is 17.4 Å². The lowest BCUT2D eigenvalue weighted by Crippen LogP contribution is -2.33. The minimum atomic E-state index is 0.387. The molecule has 3 N–H and O–H groups in total. The van der Waals surface area contributed by atoms with Gasteiger partial charge in [-0.3, -0.25) is 4.99 Å². The molecule has 1 saturated carbocycles. The second-order valence-electron chi connectivity index (χ2n) is 4.90. The Bertz CT molecular complexity index is 435. The van der Waals surface area contributed by atoms with Crippen molar-refractivity contribution in [1.82, 2.24) is 15.6 Å². The van der Waals surface area contributed by atoms with Gasteiger partial charge >= 0.3 is 0 Å². The van der Waals surface area contributed by atoms with E-state index in [1.807, 2.05) is 19.9 Å². The Morgan fingerprint density at radius 3 is 2.67 bits per heavy atom. The van der Waals surface area contributed by atoms with Crippen LogP contribution in [0.25, 0.3) is 0 Å². The molecule has 0 amide bonds. The number of aromatic nitrogens is 2. The van der Waals surface area contributed by atoms with Gasteiger partial charge in [-0.1, -0.05) is 19.3 Å². The summed E-state index contributed by atoms with van der Waals surface area (Å²) in [4.78, 5) is 4.74. The summed E-state index contributed by atoms with van der Waals surface area (Å²) in [5, 5.41) is 8.14. The molecular formula is C13H21N5. The Hall–Kier alpha value is -1.49. The Kier molecular flexibility index (Phi) is 4.25. The van der Waals surface area contributed by atoms with Gasteiger partial charge in [0.2, 0.25) is 0 Å². The van der Waals surface area contributed by atoms with Crippen molar-refractivity contribution in [2.45, 2.75) is 52.0 Å². The summed E-state index contributed by atoms with van der Waals surface area (Å²) in [6, 6.07) is 2.36. The van der Waals surface area contributed by atoms with Crippen molar-refractivity contribution in [1.29, 1.82) is 0 Å². The minimum absolute atomic E-state index is 0.387. The molecule has 5 heteroatoms. The van der Waals surface area contributed by atoms with Crippen molar-refractivity contribution in [2.24, 2.45) is 10.8 Å². The van der Waals surface area contributed by atoms with E-state index in [0.29, 0.717) is 6.04 Å². The van der Waals surface area contributed by atoms with Crippen LogP contribution in [-0.2, 0) is 0 Å². The summed E-state index contributed by atoms with van der Waals surface area (Å²) in [5.74, 6) is 6.35. The summed E-state index contributed by atoms with van der Waals surface area (Å²) in [6.07, 6.45) is 6.16. The highest BCUT2D eigenvalue weighted by Crippen LogP contribution is 2.21. The summed E-state index contributed by atoms with van der Waals surface area (Å²) in [5.41, 5.74) is 5.40. The maximum atomic E-state index is 5.61. The average Bonchev–Trinajstić information content (AvgIpc) is 2.40. The van der Waals surface area contributed by atoms with Crippen molar-refractivity contribution < 1.29 is 0 Å². The fourth-order valence-corrected chi connectivity index (χ4v) is 2.37. The first-order valence-corrected chi connectivity index (χ1v) is 6.56. The molecule has 0 aliphatic heterocycles. The third kappa shape index (κ3) is 3.04. The number of rotatable bonds is 2. The lowest BCUT2D eigenvalue weighted by Gasteiger charge is -2.19. The van der Waals surface area contributed by atoms with Crippen LogP contribution in [0.5, 0.6) is 0 Å². The molecule has 2 rings (SSSR count). The number of amidine groups is 1. The average molecular weight is 247 g/mol. The second kappa shape index (κ2) is 5.91. The fraction of sp³-hybridized carbons (Fsp3) is 0.615. The van der Waals surface area contributed by atoms with Crippen LogP contribution in [0.3, 0.4) is 0 Å². The molecule has 0 radical (unpaired) electrons. The van der Waals surface area contributed by atoms with Crippen LogP contribution in [0.2, 0.25) is 0 Å².